The SMILES string of the molecule is CC[N+]1=C(C)CC(C)(C)C1.[I-]. The van der Waals surface area contributed by atoms with Crippen molar-refractivity contribution < 1.29 is 28.6 Å². The lowest BCUT2D eigenvalue weighted by molar-refractivity contribution is -0.526. The van der Waals surface area contributed by atoms with Gasteiger partial charge in [0.2, 0.25) is 0 Å². The van der Waals surface area contributed by atoms with E-state index in [4.69, 9.17) is 0 Å². The summed E-state index contributed by atoms with van der Waals surface area (Å²) in [7, 11) is 0. The Labute approximate surface area is 86.9 Å². The molecule has 0 fully saturated rings. The molecule has 0 spiro atoms. The van der Waals surface area contributed by atoms with E-state index in [9.17, 15) is 0 Å². The highest BCUT2D eigenvalue weighted by molar-refractivity contribution is 5.78. The van der Waals surface area contributed by atoms with Crippen LogP contribution in [0.5, 0.6) is 0 Å². The molecule has 1 heterocycles. The van der Waals surface area contributed by atoms with E-state index < -0.39 is 0 Å². The molecule has 0 saturated heterocycles. The third-order valence-electron chi connectivity index (χ3n) is 2.27. The fourth-order valence-electron chi connectivity index (χ4n) is 1.89. The molecule has 0 aliphatic carbocycles. The normalized spacial score (nSPS) is 21.8. The van der Waals surface area contributed by atoms with Gasteiger partial charge in [0, 0.05) is 18.8 Å². The largest absolute Gasteiger partial charge is 1.00 e. The van der Waals surface area contributed by atoms with Gasteiger partial charge in [-0.2, -0.15) is 0 Å². The number of nitrogens with zero attached hydrogens (tertiary/aromatic N) is 1. The molecule has 0 bridgehead atoms. The average molecular weight is 267 g/mol. The quantitative estimate of drug-likeness (QED) is 0.420. The maximum atomic E-state index is 2.47. The molecular formula is C9H18IN. The number of hydrogen-bond donors (Lipinski definition) is 0. The van der Waals surface area contributed by atoms with Gasteiger partial charge in [0.05, 0.1) is 0 Å². The van der Waals surface area contributed by atoms with Crippen LogP contribution in [-0.4, -0.2) is 23.4 Å². The van der Waals surface area contributed by atoms with E-state index in [2.05, 4.69) is 32.3 Å². The number of hydrogen-bond acceptors (Lipinski definition) is 0. The van der Waals surface area contributed by atoms with Crippen molar-refractivity contribution in [2.75, 3.05) is 13.1 Å². The number of halogens is 1. The molecule has 0 N–H and O–H groups in total. The predicted octanol–water partition coefficient (Wildman–Crippen LogP) is -1.09. The molecule has 2 heteroatoms. The summed E-state index contributed by atoms with van der Waals surface area (Å²) < 4.78 is 2.47. The van der Waals surface area contributed by atoms with Crippen LogP contribution in [0, 0.1) is 5.41 Å². The molecule has 1 aliphatic rings. The Hall–Kier alpha value is 0.400. The van der Waals surface area contributed by atoms with Crippen LogP contribution in [0.4, 0.5) is 0 Å². The van der Waals surface area contributed by atoms with Crippen molar-refractivity contribution in [1.29, 1.82) is 0 Å². The smallest absolute Gasteiger partial charge is 0.149 e. The van der Waals surface area contributed by atoms with Gasteiger partial charge in [0.25, 0.3) is 0 Å². The molecule has 0 saturated carbocycles. The molecule has 11 heavy (non-hydrogen) atoms. The van der Waals surface area contributed by atoms with E-state index in [1.54, 1.807) is 5.71 Å². The van der Waals surface area contributed by atoms with E-state index in [-0.39, 0.29) is 24.0 Å². The van der Waals surface area contributed by atoms with Gasteiger partial charge in [0.1, 0.15) is 18.8 Å². The Kier molecular flexibility index (Phi) is 4.02. The van der Waals surface area contributed by atoms with Crippen LogP contribution >= 0.6 is 0 Å². The molecule has 0 aromatic rings. The lowest BCUT2D eigenvalue weighted by atomic mass is 9.91. The van der Waals surface area contributed by atoms with Gasteiger partial charge in [0.15, 0.2) is 0 Å². The average Bonchev–Trinajstić information content (AvgIpc) is 2.05. The molecule has 1 aliphatic heterocycles. The fourth-order valence-corrected chi connectivity index (χ4v) is 1.89. The maximum Gasteiger partial charge on any atom is 0.149 e. The zero-order chi connectivity index (χ0) is 7.78. The van der Waals surface area contributed by atoms with E-state index in [1.165, 1.54) is 19.5 Å². The summed E-state index contributed by atoms with van der Waals surface area (Å²) in [5.74, 6) is 0. The minimum absolute atomic E-state index is 0. The minimum Gasteiger partial charge on any atom is -1.00 e. The van der Waals surface area contributed by atoms with Gasteiger partial charge in [-0.1, -0.05) is 13.8 Å². The third-order valence-corrected chi connectivity index (χ3v) is 2.27. The Bertz CT molecular complexity index is 170. The Morgan fingerprint density at radius 1 is 1.45 bits per heavy atom. The van der Waals surface area contributed by atoms with Gasteiger partial charge < -0.3 is 24.0 Å². The summed E-state index contributed by atoms with van der Waals surface area (Å²) in [6.45, 7) is 11.6. The van der Waals surface area contributed by atoms with Crippen LogP contribution in [0.3, 0.4) is 0 Å². The molecule has 0 amide bonds. The van der Waals surface area contributed by atoms with Crippen molar-refractivity contribution in [3.63, 3.8) is 0 Å². The standard InChI is InChI=1S/C9H18N.HI/c1-5-10-7-9(3,4)6-8(10)2;/h5-7H2,1-4H3;1H/q+1;/p-1. The second-order valence-electron chi connectivity index (χ2n) is 4.09. The third kappa shape index (κ3) is 2.73. The molecule has 66 valence electrons. The van der Waals surface area contributed by atoms with Crippen LogP contribution in [0.25, 0.3) is 0 Å². The highest BCUT2D eigenvalue weighted by Crippen LogP contribution is 2.26. The van der Waals surface area contributed by atoms with Crippen molar-refractivity contribution in [3.8, 4) is 0 Å². The van der Waals surface area contributed by atoms with Crippen LogP contribution in [0.2, 0.25) is 0 Å². The lowest BCUT2D eigenvalue weighted by Gasteiger charge is -2.10. The molecule has 0 aromatic heterocycles. The molecule has 0 unspecified atom stereocenters. The fraction of sp³-hybridized carbons (Fsp3) is 0.889. The van der Waals surface area contributed by atoms with Crippen LogP contribution < -0.4 is 24.0 Å². The first-order chi connectivity index (χ1) is 4.55. The van der Waals surface area contributed by atoms with Gasteiger partial charge in [-0.15, -0.1) is 0 Å². The van der Waals surface area contributed by atoms with Gasteiger partial charge in [-0.05, 0) is 6.92 Å². The van der Waals surface area contributed by atoms with Gasteiger partial charge in [-0.25, -0.2) is 4.58 Å². The summed E-state index contributed by atoms with van der Waals surface area (Å²) in [6.07, 6.45) is 1.28. The summed E-state index contributed by atoms with van der Waals surface area (Å²) in [5, 5.41) is 0. The number of rotatable bonds is 1. The first-order valence-electron chi connectivity index (χ1n) is 4.12. The molecule has 0 atom stereocenters. The van der Waals surface area contributed by atoms with Crippen molar-refractivity contribution in [1.82, 2.24) is 0 Å². The lowest BCUT2D eigenvalue weighted by Crippen LogP contribution is -3.00. The predicted molar refractivity (Wildman–Crippen MR) is 44.7 cm³/mol. The second-order valence-corrected chi connectivity index (χ2v) is 4.09. The maximum absolute atomic E-state index is 2.47. The monoisotopic (exact) mass is 267 g/mol. The van der Waals surface area contributed by atoms with Crippen molar-refractivity contribution in [3.05, 3.63) is 0 Å². The topological polar surface area (TPSA) is 3.01 Å². The van der Waals surface area contributed by atoms with Crippen molar-refractivity contribution in [2.24, 2.45) is 5.41 Å². The van der Waals surface area contributed by atoms with E-state index in [0.717, 1.165) is 0 Å². The summed E-state index contributed by atoms with van der Waals surface area (Å²) in [4.78, 5) is 0. The minimum atomic E-state index is 0. The van der Waals surface area contributed by atoms with Crippen LogP contribution in [0.1, 0.15) is 34.1 Å². The summed E-state index contributed by atoms with van der Waals surface area (Å²) >= 11 is 0. The molecule has 0 aromatic carbocycles. The first kappa shape index (κ1) is 11.4. The highest BCUT2D eigenvalue weighted by atomic mass is 127. The molecule has 1 nitrogen and oxygen atoms in total. The summed E-state index contributed by atoms with van der Waals surface area (Å²) in [6, 6.07) is 0. The second kappa shape index (κ2) is 3.87. The Morgan fingerprint density at radius 2 is 2.00 bits per heavy atom. The highest BCUT2D eigenvalue weighted by Gasteiger charge is 2.33. The zero-order valence-electron chi connectivity index (χ0n) is 7.95. The van der Waals surface area contributed by atoms with Crippen LogP contribution in [-0.2, 0) is 0 Å². The zero-order valence-corrected chi connectivity index (χ0v) is 10.1. The van der Waals surface area contributed by atoms with Crippen molar-refractivity contribution >= 4 is 5.71 Å². The van der Waals surface area contributed by atoms with Gasteiger partial charge in [-0.3, -0.25) is 0 Å². The van der Waals surface area contributed by atoms with Crippen LogP contribution in [0.15, 0.2) is 0 Å². The van der Waals surface area contributed by atoms with E-state index in [1.807, 2.05) is 0 Å². The Morgan fingerprint density at radius 3 is 2.18 bits per heavy atom. The Balaban J connectivity index is 0.000001000. The summed E-state index contributed by atoms with van der Waals surface area (Å²) in [5.41, 5.74) is 2.09. The van der Waals surface area contributed by atoms with Gasteiger partial charge >= 0.3 is 0 Å². The molecule has 1 rings (SSSR count). The van der Waals surface area contributed by atoms with E-state index in [0.29, 0.717) is 5.41 Å². The molecule has 0 radical (unpaired) electrons. The van der Waals surface area contributed by atoms with E-state index >= 15 is 0 Å². The van der Waals surface area contributed by atoms with Crippen molar-refractivity contribution in [2.45, 2.75) is 34.1 Å². The molecular weight excluding hydrogens is 249 g/mol. The first-order valence-corrected chi connectivity index (χ1v) is 4.12.